The summed E-state index contributed by atoms with van der Waals surface area (Å²) in [5.74, 6) is 0. The van der Waals surface area contributed by atoms with E-state index in [1.807, 2.05) is 0 Å². The molecule has 88 valence electrons. The van der Waals surface area contributed by atoms with Crippen molar-refractivity contribution in [3.8, 4) is 6.07 Å². The molecule has 0 amide bonds. The summed E-state index contributed by atoms with van der Waals surface area (Å²) in [4.78, 5) is 2.37. The highest BCUT2D eigenvalue weighted by Gasteiger charge is 2.17. The van der Waals surface area contributed by atoms with Crippen LogP contribution in [0.25, 0.3) is 0 Å². The van der Waals surface area contributed by atoms with Crippen LogP contribution in [0.1, 0.15) is 46.5 Å². The van der Waals surface area contributed by atoms with E-state index < -0.39 is 5.54 Å². The first-order valence-corrected chi connectivity index (χ1v) is 5.87. The third-order valence-electron chi connectivity index (χ3n) is 3.03. The summed E-state index contributed by atoms with van der Waals surface area (Å²) < 4.78 is 0. The molecule has 3 nitrogen and oxygen atoms in total. The predicted molar refractivity (Wildman–Crippen MR) is 64.4 cm³/mol. The van der Waals surface area contributed by atoms with Crippen LogP contribution in [0, 0.1) is 11.3 Å². The highest BCUT2D eigenvalue weighted by molar-refractivity contribution is 5.00. The van der Waals surface area contributed by atoms with Gasteiger partial charge in [0, 0.05) is 6.04 Å². The Morgan fingerprint density at radius 2 is 1.93 bits per heavy atom. The fraction of sp³-hybridized carbons (Fsp3) is 0.917. The van der Waals surface area contributed by atoms with Crippen molar-refractivity contribution in [3.63, 3.8) is 0 Å². The molecule has 0 saturated heterocycles. The highest BCUT2D eigenvalue weighted by Crippen LogP contribution is 2.11. The molecule has 2 N–H and O–H groups in total. The summed E-state index contributed by atoms with van der Waals surface area (Å²) in [7, 11) is 2.15. The lowest BCUT2D eigenvalue weighted by Gasteiger charge is -2.27. The van der Waals surface area contributed by atoms with Gasteiger partial charge in [0.05, 0.1) is 6.07 Å². The van der Waals surface area contributed by atoms with E-state index in [0.29, 0.717) is 6.04 Å². The topological polar surface area (TPSA) is 53.0 Å². The smallest absolute Gasteiger partial charge is 0.101 e. The van der Waals surface area contributed by atoms with Crippen molar-refractivity contribution in [2.45, 2.75) is 58.0 Å². The molecule has 0 aliphatic carbocycles. The van der Waals surface area contributed by atoms with Crippen molar-refractivity contribution in [2.24, 2.45) is 5.73 Å². The minimum Gasteiger partial charge on any atom is -0.314 e. The van der Waals surface area contributed by atoms with Crippen LogP contribution in [-0.2, 0) is 0 Å². The van der Waals surface area contributed by atoms with Crippen LogP contribution in [0.3, 0.4) is 0 Å². The summed E-state index contributed by atoms with van der Waals surface area (Å²) in [6, 6.07) is 2.79. The maximum atomic E-state index is 8.77. The first kappa shape index (κ1) is 14.4. The standard InChI is InChI=1S/C12H25N3/c1-5-11(6-2)15(4)9-7-8-12(3,14)10-13/h11H,5-9,14H2,1-4H3. The van der Waals surface area contributed by atoms with E-state index in [-0.39, 0.29) is 0 Å². The molecule has 0 aromatic heterocycles. The monoisotopic (exact) mass is 211 g/mol. The SMILES string of the molecule is CCC(CC)N(C)CCCC(C)(N)C#N. The third-order valence-corrected chi connectivity index (χ3v) is 3.03. The number of rotatable bonds is 7. The van der Waals surface area contributed by atoms with Gasteiger partial charge in [-0.05, 0) is 46.2 Å². The second-order valence-electron chi connectivity index (χ2n) is 4.58. The van der Waals surface area contributed by atoms with Gasteiger partial charge < -0.3 is 10.6 Å². The number of hydrogen-bond acceptors (Lipinski definition) is 3. The average Bonchev–Trinajstić information content (AvgIpc) is 2.19. The minimum atomic E-state index is -0.658. The first-order chi connectivity index (χ1) is 6.96. The lowest BCUT2D eigenvalue weighted by Crippen LogP contribution is -2.36. The van der Waals surface area contributed by atoms with Gasteiger partial charge in [0.2, 0.25) is 0 Å². The largest absolute Gasteiger partial charge is 0.314 e. The molecular formula is C12H25N3. The molecule has 0 fully saturated rings. The summed E-state index contributed by atoms with van der Waals surface area (Å²) in [5.41, 5.74) is 5.11. The molecule has 0 saturated carbocycles. The lowest BCUT2D eigenvalue weighted by molar-refractivity contribution is 0.222. The van der Waals surface area contributed by atoms with E-state index in [2.05, 4.69) is 31.9 Å². The number of nitrogens with two attached hydrogens (primary N) is 1. The zero-order chi connectivity index (χ0) is 11.9. The van der Waals surface area contributed by atoms with Crippen LogP contribution >= 0.6 is 0 Å². The Kier molecular flexibility index (Phi) is 6.55. The number of hydrogen-bond donors (Lipinski definition) is 1. The summed E-state index contributed by atoms with van der Waals surface area (Å²) in [6.07, 6.45) is 4.14. The van der Waals surface area contributed by atoms with E-state index in [4.69, 9.17) is 11.0 Å². The van der Waals surface area contributed by atoms with Gasteiger partial charge in [-0.3, -0.25) is 0 Å². The fourth-order valence-corrected chi connectivity index (χ4v) is 1.85. The van der Waals surface area contributed by atoms with Crippen molar-refractivity contribution in [3.05, 3.63) is 0 Å². The Morgan fingerprint density at radius 3 is 2.33 bits per heavy atom. The zero-order valence-electron chi connectivity index (χ0n) is 10.6. The molecule has 1 atom stereocenters. The Hall–Kier alpha value is -0.590. The quantitative estimate of drug-likeness (QED) is 0.702. The van der Waals surface area contributed by atoms with Crippen molar-refractivity contribution < 1.29 is 0 Å². The molecule has 3 heteroatoms. The van der Waals surface area contributed by atoms with Crippen molar-refractivity contribution in [1.82, 2.24) is 4.90 Å². The highest BCUT2D eigenvalue weighted by atomic mass is 15.1. The van der Waals surface area contributed by atoms with E-state index >= 15 is 0 Å². The van der Waals surface area contributed by atoms with E-state index in [0.717, 1.165) is 19.4 Å². The molecule has 0 aromatic rings. The second-order valence-corrected chi connectivity index (χ2v) is 4.58. The molecule has 0 aliphatic rings. The number of nitrogens with zero attached hydrogens (tertiary/aromatic N) is 2. The average molecular weight is 211 g/mol. The summed E-state index contributed by atoms with van der Waals surface area (Å²) in [6.45, 7) is 7.25. The maximum Gasteiger partial charge on any atom is 0.101 e. The minimum absolute atomic E-state index is 0.658. The van der Waals surface area contributed by atoms with Crippen molar-refractivity contribution in [2.75, 3.05) is 13.6 Å². The summed E-state index contributed by atoms with van der Waals surface area (Å²) >= 11 is 0. The fourth-order valence-electron chi connectivity index (χ4n) is 1.85. The van der Waals surface area contributed by atoms with Gasteiger partial charge in [-0.1, -0.05) is 13.8 Å². The molecule has 0 aliphatic heterocycles. The predicted octanol–water partition coefficient (Wildman–Crippen LogP) is 2.13. The van der Waals surface area contributed by atoms with Gasteiger partial charge in [0.25, 0.3) is 0 Å². The van der Waals surface area contributed by atoms with Crippen LogP contribution in [0.2, 0.25) is 0 Å². The van der Waals surface area contributed by atoms with Gasteiger partial charge in [0.15, 0.2) is 0 Å². The first-order valence-electron chi connectivity index (χ1n) is 5.87. The van der Waals surface area contributed by atoms with Crippen LogP contribution in [0.4, 0.5) is 0 Å². The summed E-state index contributed by atoms with van der Waals surface area (Å²) in [5, 5.41) is 8.77. The Balaban J connectivity index is 3.82. The number of nitriles is 1. The van der Waals surface area contributed by atoms with E-state index in [9.17, 15) is 0 Å². The second kappa shape index (κ2) is 6.81. The van der Waals surface area contributed by atoms with E-state index in [1.165, 1.54) is 12.8 Å². The molecular weight excluding hydrogens is 186 g/mol. The van der Waals surface area contributed by atoms with Gasteiger partial charge in [-0.25, -0.2) is 0 Å². The third kappa shape index (κ3) is 5.76. The van der Waals surface area contributed by atoms with Crippen LogP contribution < -0.4 is 5.73 Å². The Labute approximate surface area is 94.2 Å². The van der Waals surface area contributed by atoms with Crippen LogP contribution in [-0.4, -0.2) is 30.1 Å². The molecule has 0 heterocycles. The van der Waals surface area contributed by atoms with Gasteiger partial charge in [0.1, 0.15) is 5.54 Å². The molecule has 0 aromatic carbocycles. The molecule has 0 radical (unpaired) electrons. The molecule has 0 bridgehead atoms. The lowest BCUT2D eigenvalue weighted by atomic mass is 9.99. The zero-order valence-corrected chi connectivity index (χ0v) is 10.6. The molecule has 15 heavy (non-hydrogen) atoms. The van der Waals surface area contributed by atoms with Crippen molar-refractivity contribution >= 4 is 0 Å². The Bertz CT molecular complexity index is 201. The van der Waals surface area contributed by atoms with E-state index in [1.54, 1.807) is 6.92 Å². The van der Waals surface area contributed by atoms with Crippen molar-refractivity contribution in [1.29, 1.82) is 5.26 Å². The molecule has 1 unspecified atom stereocenters. The molecule has 0 rings (SSSR count). The normalized spacial score (nSPS) is 15.3. The van der Waals surface area contributed by atoms with Crippen LogP contribution in [0.5, 0.6) is 0 Å². The van der Waals surface area contributed by atoms with Gasteiger partial charge in [-0.2, -0.15) is 5.26 Å². The Morgan fingerprint density at radius 1 is 1.40 bits per heavy atom. The van der Waals surface area contributed by atoms with Crippen LogP contribution in [0.15, 0.2) is 0 Å². The maximum absolute atomic E-state index is 8.77. The van der Waals surface area contributed by atoms with Gasteiger partial charge in [-0.15, -0.1) is 0 Å². The molecule has 0 spiro atoms. The van der Waals surface area contributed by atoms with Gasteiger partial charge >= 0.3 is 0 Å².